The van der Waals surface area contributed by atoms with Crippen LogP contribution >= 0.6 is 0 Å². The molecule has 134 valence electrons. The first-order chi connectivity index (χ1) is 12.2. The van der Waals surface area contributed by atoms with E-state index in [1.807, 2.05) is 30.3 Å². The van der Waals surface area contributed by atoms with E-state index in [4.69, 9.17) is 9.47 Å². The molecule has 2 rings (SSSR count). The molecule has 0 fully saturated rings. The van der Waals surface area contributed by atoms with Gasteiger partial charge in [-0.2, -0.15) is 0 Å². The number of amides is 1. The molecule has 0 bridgehead atoms. The van der Waals surface area contributed by atoms with Gasteiger partial charge in [0.05, 0.1) is 7.11 Å². The number of anilines is 1. The van der Waals surface area contributed by atoms with E-state index >= 15 is 0 Å². The van der Waals surface area contributed by atoms with Gasteiger partial charge in [-0.15, -0.1) is 0 Å². The lowest BCUT2D eigenvalue weighted by Crippen LogP contribution is -2.22. The molecule has 0 aromatic heterocycles. The van der Waals surface area contributed by atoms with Crippen LogP contribution in [0, 0.1) is 0 Å². The van der Waals surface area contributed by atoms with Gasteiger partial charge in [0.1, 0.15) is 0 Å². The van der Waals surface area contributed by atoms with Crippen molar-refractivity contribution in [2.75, 3.05) is 32.1 Å². The van der Waals surface area contributed by atoms with Crippen molar-refractivity contribution in [1.82, 2.24) is 4.90 Å². The number of hydrogen-bond donors (Lipinski definition) is 1. The summed E-state index contributed by atoms with van der Waals surface area (Å²) in [4.78, 5) is 14.5. The van der Waals surface area contributed by atoms with Crippen molar-refractivity contribution in [3.05, 3.63) is 54.1 Å². The molecule has 0 aliphatic carbocycles. The summed E-state index contributed by atoms with van der Waals surface area (Å²) in [5, 5.41) is 2.88. The average Bonchev–Trinajstić information content (AvgIpc) is 2.65. The summed E-state index contributed by atoms with van der Waals surface area (Å²) in [6.07, 6.45) is 0. The molecule has 0 saturated carbocycles. The molecular weight excluding hydrogens is 316 g/mol. The highest BCUT2D eigenvalue weighted by Gasteiger charge is 2.08. The summed E-state index contributed by atoms with van der Waals surface area (Å²) in [5.41, 5.74) is 1.95. The first-order valence-electron chi connectivity index (χ1n) is 8.53. The van der Waals surface area contributed by atoms with Gasteiger partial charge in [0.2, 0.25) is 0 Å². The van der Waals surface area contributed by atoms with Gasteiger partial charge in [0.15, 0.2) is 18.1 Å². The molecule has 5 heteroatoms. The topological polar surface area (TPSA) is 50.8 Å². The number of benzene rings is 2. The van der Waals surface area contributed by atoms with Gasteiger partial charge in [-0.3, -0.25) is 9.69 Å². The zero-order chi connectivity index (χ0) is 18.1. The van der Waals surface area contributed by atoms with Crippen LogP contribution in [0.3, 0.4) is 0 Å². The molecule has 0 spiro atoms. The molecular formula is C20H26N2O3. The Labute approximate surface area is 149 Å². The van der Waals surface area contributed by atoms with Crippen LogP contribution in [0.5, 0.6) is 11.5 Å². The number of nitrogens with zero attached hydrogens (tertiary/aromatic N) is 1. The van der Waals surface area contributed by atoms with Crippen molar-refractivity contribution in [2.24, 2.45) is 0 Å². The molecule has 2 aromatic rings. The summed E-state index contributed by atoms with van der Waals surface area (Å²) in [5.74, 6) is 0.956. The Kier molecular flexibility index (Phi) is 7.29. The number of ether oxygens (including phenoxy) is 2. The third-order valence-corrected chi connectivity index (χ3v) is 3.94. The highest BCUT2D eigenvalue weighted by Crippen LogP contribution is 2.25. The average molecular weight is 342 g/mol. The third kappa shape index (κ3) is 5.80. The monoisotopic (exact) mass is 342 g/mol. The minimum absolute atomic E-state index is 0.0688. The highest BCUT2D eigenvalue weighted by molar-refractivity contribution is 5.91. The van der Waals surface area contributed by atoms with E-state index in [9.17, 15) is 4.79 Å². The number of hydrogen-bond acceptors (Lipinski definition) is 4. The van der Waals surface area contributed by atoms with Crippen LogP contribution in [0.1, 0.15) is 19.4 Å². The van der Waals surface area contributed by atoms with Gasteiger partial charge in [-0.25, -0.2) is 0 Å². The second-order valence-electron chi connectivity index (χ2n) is 5.65. The van der Waals surface area contributed by atoms with Gasteiger partial charge in [-0.1, -0.05) is 38.1 Å². The fourth-order valence-corrected chi connectivity index (χ4v) is 2.53. The van der Waals surface area contributed by atoms with Crippen LogP contribution in [0.15, 0.2) is 48.5 Å². The molecule has 0 saturated heterocycles. The summed E-state index contributed by atoms with van der Waals surface area (Å²) < 4.78 is 10.8. The third-order valence-electron chi connectivity index (χ3n) is 3.94. The maximum atomic E-state index is 12.1. The van der Waals surface area contributed by atoms with Crippen LogP contribution < -0.4 is 14.8 Å². The number of carbonyl (C=O) groups excluding carboxylic acids is 1. The first kappa shape index (κ1) is 18.8. The number of para-hydroxylation sites is 2. The van der Waals surface area contributed by atoms with Gasteiger partial charge >= 0.3 is 0 Å². The van der Waals surface area contributed by atoms with Gasteiger partial charge in [0.25, 0.3) is 5.91 Å². The van der Waals surface area contributed by atoms with E-state index < -0.39 is 0 Å². The zero-order valence-electron chi connectivity index (χ0n) is 15.1. The SMILES string of the molecule is CCN(CC)Cc1cccc(NC(=O)COc2ccccc2OC)c1. The lowest BCUT2D eigenvalue weighted by Gasteiger charge is -2.18. The largest absolute Gasteiger partial charge is 0.493 e. The Bertz CT molecular complexity index is 684. The minimum Gasteiger partial charge on any atom is -0.493 e. The van der Waals surface area contributed by atoms with E-state index in [0.717, 1.165) is 25.3 Å². The molecule has 25 heavy (non-hydrogen) atoms. The number of carbonyl (C=O) groups is 1. The predicted molar refractivity (Wildman–Crippen MR) is 100 cm³/mol. The minimum atomic E-state index is -0.203. The molecule has 0 aliphatic heterocycles. The number of nitrogens with one attached hydrogen (secondary N) is 1. The van der Waals surface area contributed by atoms with Crippen LogP contribution in [-0.2, 0) is 11.3 Å². The molecule has 0 aliphatic rings. The maximum absolute atomic E-state index is 12.1. The lowest BCUT2D eigenvalue weighted by molar-refractivity contribution is -0.118. The molecule has 0 radical (unpaired) electrons. The molecule has 0 atom stereocenters. The van der Waals surface area contributed by atoms with Crippen LogP contribution in [0.25, 0.3) is 0 Å². The van der Waals surface area contributed by atoms with E-state index in [-0.39, 0.29) is 12.5 Å². The van der Waals surface area contributed by atoms with Crippen molar-refractivity contribution in [3.63, 3.8) is 0 Å². The van der Waals surface area contributed by atoms with Crippen molar-refractivity contribution in [1.29, 1.82) is 0 Å². The molecule has 1 N–H and O–H groups in total. The Morgan fingerprint density at radius 1 is 1.04 bits per heavy atom. The molecule has 0 unspecified atom stereocenters. The first-order valence-corrected chi connectivity index (χ1v) is 8.53. The molecule has 1 amide bonds. The molecule has 0 heterocycles. The van der Waals surface area contributed by atoms with Crippen LogP contribution in [0.4, 0.5) is 5.69 Å². The van der Waals surface area contributed by atoms with Crippen LogP contribution in [-0.4, -0.2) is 37.6 Å². The number of methoxy groups -OCH3 is 1. The summed E-state index contributed by atoms with van der Waals surface area (Å²) in [7, 11) is 1.57. The smallest absolute Gasteiger partial charge is 0.262 e. The Morgan fingerprint density at radius 2 is 1.76 bits per heavy atom. The molecule has 5 nitrogen and oxygen atoms in total. The van der Waals surface area contributed by atoms with Gasteiger partial charge in [0, 0.05) is 12.2 Å². The maximum Gasteiger partial charge on any atom is 0.262 e. The van der Waals surface area contributed by atoms with Crippen molar-refractivity contribution in [3.8, 4) is 11.5 Å². The van der Waals surface area contributed by atoms with E-state index in [1.165, 1.54) is 5.56 Å². The molecule has 2 aromatic carbocycles. The highest BCUT2D eigenvalue weighted by atomic mass is 16.5. The normalized spacial score (nSPS) is 10.6. The van der Waals surface area contributed by atoms with Crippen molar-refractivity contribution in [2.45, 2.75) is 20.4 Å². The summed E-state index contributed by atoms with van der Waals surface area (Å²) in [6, 6.07) is 15.2. The van der Waals surface area contributed by atoms with Gasteiger partial charge in [-0.05, 0) is 42.9 Å². The van der Waals surface area contributed by atoms with E-state index in [1.54, 1.807) is 19.2 Å². The Balaban J connectivity index is 1.92. The van der Waals surface area contributed by atoms with Crippen molar-refractivity contribution < 1.29 is 14.3 Å². The fraction of sp³-hybridized carbons (Fsp3) is 0.350. The lowest BCUT2D eigenvalue weighted by atomic mass is 10.2. The Morgan fingerprint density at radius 3 is 2.44 bits per heavy atom. The van der Waals surface area contributed by atoms with E-state index in [2.05, 4.69) is 30.1 Å². The number of rotatable bonds is 9. The standard InChI is InChI=1S/C20H26N2O3/c1-4-22(5-2)14-16-9-8-10-17(13-16)21-20(23)15-25-19-12-7-6-11-18(19)24-3/h6-13H,4-5,14-15H2,1-3H3,(H,21,23). The summed E-state index contributed by atoms with van der Waals surface area (Å²) >= 11 is 0. The van der Waals surface area contributed by atoms with Crippen molar-refractivity contribution >= 4 is 11.6 Å². The Hall–Kier alpha value is -2.53. The fourth-order valence-electron chi connectivity index (χ4n) is 2.53. The second-order valence-corrected chi connectivity index (χ2v) is 5.65. The second kappa shape index (κ2) is 9.69. The van der Waals surface area contributed by atoms with Gasteiger partial charge < -0.3 is 14.8 Å². The van der Waals surface area contributed by atoms with Crippen LogP contribution in [0.2, 0.25) is 0 Å². The van der Waals surface area contributed by atoms with E-state index in [0.29, 0.717) is 11.5 Å². The predicted octanol–water partition coefficient (Wildman–Crippen LogP) is 3.55. The zero-order valence-corrected chi connectivity index (χ0v) is 15.1. The summed E-state index contributed by atoms with van der Waals surface area (Å²) in [6.45, 7) is 7.09. The quantitative estimate of drug-likeness (QED) is 0.757.